The van der Waals surface area contributed by atoms with E-state index in [1.807, 2.05) is 36.4 Å². The molecule has 0 amide bonds. The summed E-state index contributed by atoms with van der Waals surface area (Å²) in [4.78, 5) is 13.9. The van der Waals surface area contributed by atoms with Gasteiger partial charge in [-0.05, 0) is 82.3 Å². The Kier molecular flexibility index (Phi) is 6.84. The van der Waals surface area contributed by atoms with Crippen LogP contribution in [-0.2, 0) is 11.2 Å². The molecule has 1 aliphatic carbocycles. The Labute approximate surface area is 207 Å². The number of hydrogen-bond acceptors (Lipinski definition) is 1. The Morgan fingerprint density at radius 2 is 1.45 bits per heavy atom. The number of aryl methyl sites for hydroxylation is 1. The Hall–Kier alpha value is -2.35. The second kappa shape index (κ2) is 9.49. The SMILES string of the molecule is CCc1ccc(-c2ccc(Cl)cc2)cc1C1=CC(C)(C)CC(c2ccc(Cl)cc2)C(C)C1=O. The zero-order chi connectivity index (χ0) is 23.8. The Bertz CT molecular complexity index is 1190. The molecule has 1 aliphatic rings. The van der Waals surface area contributed by atoms with Crippen LogP contribution in [0.1, 0.15) is 56.7 Å². The number of halogens is 2. The van der Waals surface area contributed by atoms with Crippen LogP contribution in [0.3, 0.4) is 0 Å². The topological polar surface area (TPSA) is 17.1 Å². The molecular weight excluding hydrogens is 447 g/mol. The molecule has 2 unspecified atom stereocenters. The predicted molar refractivity (Wildman–Crippen MR) is 141 cm³/mol. The zero-order valence-corrected chi connectivity index (χ0v) is 21.2. The monoisotopic (exact) mass is 476 g/mol. The van der Waals surface area contributed by atoms with E-state index in [2.05, 4.69) is 64.1 Å². The molecule has 3 aromatic carbocycles. The van der Waals surface area contributed by atoms with E-state index < -0.39 is 0 Å². The molecule has 0 N–H and O–H groups in total. The summed E-state index contributed by atoms with van der Waals surface area (Å²) in [6.07, 6.45) is 3.99. The van der Waals surface area contributed by atoms with Gasteiger partial charge in [0.1, 0.15) is 0 Å². The zero-order valence-electron chi connectivity index (χ0n) is 19.7. The smallest absolute Gasteiger partial charge is 0.166 e. The lowest BCUT2D eigenvalue weighted by Crippen LogP contribution is -2.21. The van der Waals surface area contributed by atoms with Gasteiger partial charge in [0.2, 0.25) is 0 Å². The fourth-order valence-electron chi connectivity index (χ4n) is 4.98. The van der Waals surface area contributed by atoms with Gasteiger partial charge in [-0.2, -0.15) is 0 Å². The van der Waals surface area contributed by atoms with Gasteiger partial charge in [-0.15, -0.1) is 0 Å². The number of Topliss-reactive ketones (excluding diaryl/α,β-unsaturated/α-hetero) is 1. The quantitative estimate of drug-likeness (QED) is 0.366. The van der Waals surface area contributed by atoms with Crippen LogP contribution in [0.15, 0.2) is 72.8 Å². The molecule has 33 heavy (non-hydrogen) atoms. The van der Waals surface area contributed by atoms with Gasteiger partial charge in [0.05, 0.1) is 0 Å². The molecule has 3 heteroatoms. The molecule has 0 spiro atoms. The number of carbonyl (C=O) groups excluding carboxylic acids is 1. The van der Waals surface area contributed by atoms with E-state index in [4.69, 9.17) is 23.2 Å². The molecule has 0 saturated carbocycles. The van der Waals surface area contributed by atoms with Crippen molar-refractivity contribution in [2.45, 2.75) is 46.5 Å². The molecule has 2 atom stereocenters. The average Bonchev–Trinajstić information content (AvgIpc) is 2.89. The van der Waals surface area contributed by atoms with Crippen molar-refractivity contribution in [1.82, 2.24) is 0 Å². The van der Waals surface area contributed by atoms with Crippen LogP contribution in [0.5, 0.6) is 0 Å². The van der Waals surface area contributed by atoms with Crippen molar-refractivity contribution in [3.05, 3.63) is 99.5 Å². The van der Waals surface area contributed by atoms with Gasteiger partial charge in [-0.25, -0.2) is 0 Å². The second-order valence-corrected chi connectivity index (χ2v) is 10.7. The summed E-state index contributed by atoms with van der Waals surface area (Å²) in [5.74, 6) is 0.231. The molecular formula is C30H30Cl2O. The first-order valence-electron chi connectivity index (χ1n) is 11.6. The van der Waals surface area contributed by atoms with Crippen molar-refractivity contribution in [2.75, 3.05) is 0 Å². The van der Waals surface area contributed by atoms with Gasteiger partial charge in [0.15, 0.2) is 5.78 Å². The molecule has 0 fully saturated rings. The van der Waals surface area contributed by atoms with Gasteiger partial charge >= 0.3 is 0 Å². The van der Waals surface area contributed by atoms with Crippen LogP contribution >= 0.6 is 23.2 Å². The van der Waals surface area contributed by atoms with Crippen molar-refractivity contribution in [1.29, 1.82) is 0 Å². The summed E-state index contributed by atoms with van der Waals surface area (Å²) >= 11 is 12.2. The molecule has 0 aromatic heterocycles. The highest BCUT2D eigenvalue weighted by Gasteiger charge is 2.37. The van der Waals surface area contributed by atoms with Crippen molar-refractivity contribution in [3.8, 4) is 11.1 Å². The van der Waals surface area contributed by atoms with E-state index in [0.29, 0.717) is 0 Å². The lowest BCUT2D eigenvalue weighted by atomic mass is 9.76. The first kappa shape index (κ1) is 23.8. The predicted octanol–water partition coefficient (Wildman–Crippen LogP) is 9.03. The van der Waals surface area contributed by atoms with Gasteiger partial charge in [-0.3, -0.25) is 4.79 Å². The third-order valence-corrected chi connectivity index (χ3v) is 7.32. The van der Waals surface area contributed by atoms with Gasteiger partial charge in [0, 0.05) is 21.5 Å². The third kappa shape index (κ3) is 5.10. The number of carbonyl (C=O) groups is 1. The van der Waals surface area contributed by atoms with E-state index in [1.165, 1.54) is 11.1 Å². The summed E-state index contributed by atoms with van der Waals surface area (Å²) in [6, 6.07) is 22.3. The van der Waals surface area contributed by atoms with Crippen molar-refractivity contribution >= 4 is 34.6 Å². The molecule has 170 valence electrons. The molecule has 0 saturated heterocycles. The van der Waals surface area contributed by atoms with E-state index in [9.17, 15) is 4.79 Å². The molecule has 0 aliphatic heterocycles. The third-order valence-electron chi connectivity index (χ3n) is 6.82. The summed E-state index contributed by atoms with van der Waals surface area (Å²) in [5, 5.41) is 1.44. The number of hydrogen-bond donors (Lipinski definition) is 0. The van der Waals surface area contributed by atoms with E-state index in [-0.39, 0.29) is 23.0 Å². The maximum absolute atomic E-state index is 13.9. The normalized spacial score (nSPS) is 20.3. The van der Waals surface area contributed by atoms with E-state index in [0.717, 1.165) is 45.2 Å². The molecule has 0 bridgehead atoms. The van der Waals surface area contributed by atoms with E-state index >= 15 is 0 Å². The number of ketones is 1. The Morgan fingerprint density at radius 1 is 0.879 bits per heavy atom. The minimum atomic E-state index is -0.124. The number of rotatable bonds is 4. The van der Waals surface area contributed by atoms with Gasteiger partial charge in [-0.1, -0.05) is 93.4 Å². The largest absolute Gasteiger partial charge is 0.294 e. The number of benzene rings is 3. The lowest BCUT2D eigenvalue weighted by Gasteiger charge is -2.27. The molecule has 1 nitrogen and oxygen atoms in total. The minimum Gasteiger partial charge on any atom is -0.294 e. The van der Waals surface area contributed by atoms with Crippen molar-refractivity contribution in [2.24, 2.45) is 11.3 Å². The Morgan fingerprint density at radius 3 is 2.06 bits per heavy atom. The maximum Gasteiger partial charge on any atom is 0.166 e. The van der Waals surface area contributed by atoms with Crippen LogP contribution in [0, 0.1) is 11.3 Å². The molecule has 0 radical (unpaired) electrons. The van der Waals surface area contributed by atoms with Crippen molar-refractivity contribution in [3.63, 3.8) is 0 Å². The van der Waals surface area contributed by atoms with Crippen LogP contribution < -0.4 is 0 Å². The average molecular weight is 477 g/mol. The standard InChI is InChI=1S/C30H30Cl2O/c1-5-20-6-7-23(21-8-12-24(31)13-9-21)16-26(20)28-18-30(3,4)17-27(19(2)29(28)33)22-10-14-25(32)15-11-22/h6-16,18-19,27H,5,17H2,1-4H3. The second-order valence-electron chi connectivity index (χ2n) is 9.79. The summed E-state index contributed by atoms with van der Waals surface area (Å²) in [6.45, 7) is 8.69. The van der Waals surface area contributed by atoms with Gasteiger partial charge < -0.3 is 0 Å². The fourth-order valence-corrected chi connectivity index (χ4v) is 5.23. The molecule has 4 rings (SSSR count). The van der Waals surface area contributed by atoms with Crippen LogP contribution in [0.4, 0.5) is 0 Å². The molecule has 0 heterocycles. The maximum atomic E-state index is 13.9. The van der Waals surface area contributed by atoms with E-state index in [1.54, 1.807) is 0 Å². The Balaban J connectivity index is 1.80. The van der Waals surface area contributed by atoms with Crippen LogP contribution in [0.2, 0.25) is 10.0 Å². The fraction of sp³-hybridized carbons (Fsp3) is 0.300. The minimum absolute atomic E-state index is 0.122. The molecule has 3 aromatic rings. The first-order valence-corrected chi connectivity index (χ1v) is 12.4. The highest BCUT2D eigenvalue weighted by molar-refractivity contribution is 6.31. The van der Waals surface area contributed by atoms with Crippen LogP contribution in [-0.4, -0.2) is 5.78 Å². The van der Waals surface area contributed by atoms with Crippen LogP contribution in [0.25, 0.3) is 16.7 Å². The highest BCUT2D eigenvalue weighted by atomic mass is 35.5. The summed E-state index contributed by atoms with van der Waals surface area (Å²) in [5.41, 5.74) is 6.33. The number of allylic oxidation sites excluding steroid dienone is 2. The summed E-state index contributed by atoms with van der Waals surface area (Å²) < 4.78 is 0. The first-order chi connectivity index (χ1) is 15.7. The lowest BCUT2D eigenvalue weighted by molar-refractivity contribution is -0.117. The van der Waals surface area contributed by atoms with Crippen molar-refractivity contribution < 1.29 is 4.79 Å². The van der Waals surface area contributed by atoms with Gasteiger partial charge in [0.25, 0.3) is 0 Å². The summed E-state index contributed by atoms with van der Waals surface area (Å²) in [7, 11) is 0. The highest BCUT2D eigenvalue weighted by Crippen LogP contribution is 2.45.